The van der Waals surface area contributed by atoms with Crippen molar-refractivity contribution in [3.05, 3.63) is 0 Å². The summed E-state index contributed by atoms with van der Waals surface area (Å²) in [6, 6.07) is 0.605. The van der Waals surface area contributed by atoms with Gasteiger partial charge >= 0.3 is 0 Å². The number of rotatable bonds is 2. The molecule has 11 heavy (non-hydrogen) atoms. The lowest BCUT2D eigenvalue weighted by molar-refractivity contribution is -0.0439. The predicted octanol–water partition coefficient (Wildman–Crippen LogP) is 0.376. The molecule has 0 aliphatic carbocycles. The van der Waals surface area contributed by atoms with Crippen LogP contribution in [0.2, 0.25) is 0 Å². The highest BCUT2D eigenvalue weighted by Crippen LogP contribution is 2.08. The number of hydrazine groups is 1. The Hall–Kier alpha value is -0.120. The van der Waals surface area contributed by atoms with Crippen LogP contribution in [0.3, 0.4) is 0 Å². The van der Waals surface area contributed by atoms with Crippen molar-refractivity contribution in [3.8, 4) is 0 Å². The molecule has 0 unspecified atom stereocenters. The monoisotopic (exact) mass is 156 g/mol. The van der Waals surface area contributed by atoms with Crippen LogP contribution in [-0.2, 0) is 4.74 Å². The SMILES string of the molecule is C1CCN(NC2COC2)CC1. The minimum Gasteiger partial charge on any atom is -0.378 e. The smallest absolute Gasteiger partial charge is 0.0682 e. The lowest BCUT2D eigenvalue weighted by Crippen LogP contribution is -2.55. The maximum Gasteiger partial charge on any atom is 0.0682 e. The number of nitrogens with zero attached hydrogens (tertiary/aromatic N) is 1. The Labute approximate surface area is 67.7 Å². The summed E-state index contributed by atoms with van der Waals surface area (Å²) in [6.07, 6.45) is 4.10. The van der Waals surface area contributed by atoms with E-state index >= 15 is 0 Å². The Kier molecular flexibility index (Phi) is 2.41. The van der Waals surface area contributed by atoms with E-state index in [1.54, 1.807) is 0 Å². The molecule has 0 saturated carbocycles. The first-order chi connectivity index (χ1) is 5.45. The van der Waals surface area contributed by atoms with Gasteiger partial charge < -0.3 is 4.74 Å². The van der Waals surface area contributed by atoms with E-state index in [2.05, 4.69) is 10.4 Å². The van der Waals surface area contributed by atoms with Crippen LogP contribution >= 0.6 is 0 Å². The van der Waals surface area contributed by atoms with Crippen molar-refractivity contribution in [2.24, 2.45) is 0 Å². The highest BCUT2D eigenvalue weighted by Gasteiger charge is 2.21. The highest BCUT2D eigenvalue weighted by atomic mass is 16.5. The molecule has 0 radical (unpaired) electrons. The zero-order valence-electron chi connectivity index (χ0n) is 6.88. The van der Waals surface area contributed by atoms with E-state index in [1.165, 1.54) is 32.4 Å². The van der Waals surface area contributed by atoms with Gasteiger partial charge in [0.2, 0.25) is 0 Å². The number of ether oxygens (including phenoxy) is 1. The third-order valence-corrected chi connectivity index (χ3v) is 2.36. The standard InChI is InChI=1S/C8H16N2O/c1-2-4-10(5-3-1)9-8-6-11-7-8/h8-9H,1-7H2. The van der Waals surface area contributed by atoms with Crippen LogP contribution in [0.25, 0.3) is 0 Å². The summed E-state index contributed by atoms with van der Waals surface area (Å²) in [6.45, 7) is 4.24. The summed E-state index contributed by atoms with van der Waals surface area (Å²) >= 11 is 0. The van der Waals surface area contributed by atoms with Gasteiger partial charge in [-0.2, -0.15) is 0 Å². The zero-order valence-corrected chi connectivity index (χ0v) is 6.88. The van der Waals surface area contributed by atoms with Crippen LogP contribution in [-0.4, -0.2) is 37.4 Å². The molecule has 0 bridgehead atoms. The molecule has 3 heteroatoms. The normalized spacial score (nSPS) is 28.4. The number of hydrogen-bond acceptors (Lipinski definition) is 3. The van der Waals surface area contributed by atoms with E-state index in [4.69, 9.17) is 4.74 Å². The molecular weight excluding hydrogens is 140 g/mol. The molecule has 2 heterocycles. The van der Waals surface area contributed by atoms with Crippen LogP contribution in [0.5, 0.6) is 0 Å². The van der Waals surface area contributed by atoms with Crippen LogP contribution in [0.4, 0.5) is 0 Å². The molecule has 2 aliphatic heterocycles. The first-order valence-corrected chi connectivity index (χ1v) is 4.54. The van der Waals surface area contributed by atoms with Crippen molar-refractivity contribution in [1.82, 2.24) is 10.4 Å². The first-order valence-electron chi connectivity index (χ1n) is 4.54. The summed E-state index contributed by atoms with van der Waals surface area (Å²) in [4.78, 5) is 0. The molecule has 1 N–H and O–H groups in total. The average molecular weight is 156 g/mol. The second kappa shape index (κ2) is 3.52. The Morgan fingerprint density at radius 2 is 1.82 bits per heavy atom. The molecule has 0 atom stereocenters. The summed E-state index contributed by atoms with van der Waals surface area (Å²) in [7, 11) is 0. The summed E-state index contributed by atoms with van der Waals surface area (Å²) in [5.41, 5.74) is 3.46. The second-order valence-electron chi connectivity index (χ2n) is 3.41. The molecule has 64 valence electrons. The highest BCUT2D eigenvalue weighted by molar-refractivity contribution is 4.73. The van der Waals surface area contributed by atoms with Crippen LogP contribution < -0.4 is 5.43 Å². The Balaban J connectivity index is 1.67. The second-order valence-corrected chi connectivity index (χ2v) is 3.41. The molecule has 2 saturated heterocycles. The van der Waals surface area contributed by atoms with Gasteiger partial charge in [-0.15, -0.1) is 0 Å². The first kappa shape index (κ1) is 7.53. The Morgan fingerprint density at radius 1 is 1.09 bits per heavy atom. The number of hydrogen-bond donors (Lipinski definition) is 1. The third-order valence-electron chi connectivity index (χ3n) is 2.36. The maximum atomic E-state index is 5.09. The van der Waals surface area contributed by atoms with Gasteiger partial charge in [-0.3, -0.25) is 0 Å². The van der Waals surface area contributed by atoms with Gasteiger partial charge in [0, 0.05) is 13.1 Å². The molecule has 0 spiro atoms. The molecule has 2 rings (SSSR count). The Bertz CT molecular complexity index is 119. The molecule has 2 aliphatic rings. The molecule has 0 aromatic carbocycles. The van der Waals surface area contributed by atoms with Gasteiger partial charge in [-0.05, 0) is 12.8 Å². The van der Waals surface area contributed by atoms with Gasteiger partial charge in [0.15, 0.2) is 0 Å². The van der Waals surface area contributed by atoms with E-state index in [1.807, 2.05) is 0 Å². The van der Waals surface area contributed by atoms with Crippen LogP contribution in [0.1, 0.15) is 19.3 Å². The number of nitrogens with one attached hydrogen (secondary N) is 1. The van der Waals surface area contributed by atoms with Crippen molar-refractivity contribution in [3.63, 3.8) is 0 Å². The third kappa shape index (κ3) is 1.92. The summed E-state index contributed by atoms with van der Waals surface area (Å²) in [5, 5.41) is 2.34. The molecule has 0 amide bonds. The topological polar surface area (TPSA) is 24.5 Å². The van der Waals surface area contributed by atoms with Crippen molar-refractivity contribution in [1.29, 1.82) is 0 Å². The minimum atomic E-state index is 0.605. The van der Waals surface area contributed by atoms with Gasteiger partial charge in [0.25, 0.3) is 0 Å². The van der Waals surface area contributed by atoms with Crippen LogP contribution in [0, 0.1) is 0 Å². The fourth-order valence-corrected chi connectivity index (χ4v) is 1.59. The predicted molar refractivity (Wildman–Crippen MR) is 43.2 cm³/mol. The lowest BCUT2D eigenvalue weighted by Gasteiger charge is -2.35. The van der Waals surface area contributed by atoms with E-state index in [9.17, 15) is 0 Å². The zero-order chi connectivity index (χ0) is 7.52. The Morgan fingerprint density at radius 3 is 2.36 bits per heavy atom. The number of piperidine rings is 1. The quantitative estimate of drug-likeness (QED) is 0.625. The van der Waals surface area contributed by atoms with Crippen molar-refractivity contribution in [2.75, 3.05) is 26.3 Å². The molecule has 3 nitrogen and oxygen atoms in total. The van der Waals surface area contributed by atoms with Crippen molar-refractivity contribution < 1.29 is 4.74 Å². The minimum absolute atomic E-state index is 0.605. The van der Waals surface area contributed by atoms with E-state index in [0.29, 0.717) is 6.04 Å². The van der Waals surface area contributed by atoms with Crippen molar-refractivity contribution >= 4 is 0 Å². The van der Waals surface area contributed by atoms with Gasteiger partial charge in [0.05, 0.1) is 19.3 Å². The van der Waals surface area contributed by atoms with E-state index in [-0.39, 0.29) is 0 Å². The molecular formula is C8H16N2O. The summed E-state index contributed by atoms with van der Waals surface area (Å²) in [5.74, 6) is 0. The van der Waals surface area contributed by atoms with E-state index in [0.717, 1.165) is 13.2 Å². The van der Waals surface area contributed by atoms with E-state index < -0.39 is 0 Å². The van der Waals surface area contributed by atoms with Crippen LogP contribution in [0.15, 0.2) is 0 Å². The lowest BCUT2D eigenvalue weighted by atomic mass is 10.1. The van der Waals surface area contributed by atoms with Gasteiger partial charge in [-0.25, -0.2) is 10.4 Å². The van der Waals surface area contributed by atoms with Gasteiger partial charge in [0.1, 0.15) is 0 Å². The maximum absolute atomic E-state index is 5.09. The van der Waals surface area contributed by atoms with Gasteiger partial charge in [-0.1, -0.05) is 6.42 Å². The van der Waals surface area contributed by atoms with Crippen molar-refractivity contribution in [2.45, 2.75) is 25.3 Å². The molecule has 0 aromatic rings. The largest absolute Gasteiger partial charge is 0.378 e. The molecule has 0 aromatic heterocycles. The fraction of sp³-hybridized carbons (Fsp3) is 1.00. The fourth-order valence-electron chi connectivity index (χ4n) is 1.59. The average Bonchev–Trinajstić information content (AvgIpc) is 1.99. The summed E-state index contributed by atoms with van der Waals surface area (Å²) < 4.78 is 5.09. The molecule has 2 fully saturated rings.